The second-order valence-electron chi connectivity index (χ2n) is 12.3. The van der Waals surface area contributed by atoms with Crippen molar-refractivity contribution in [3.05, 3.63) is 0 Å². The molecule has 0 aromatic rings. The minimum absolute atomic E-state index is 0.0105. The summed E-state index contributed by atoms with van der Waals surface area (Å²) < 4.78 is 0. The highest BCUT2D eigenvalue weighted by atomic mass is 16.4. The maximum Gasteiger partial charge on any atom is 0.234 e. The lowest BCUT2D eigenvalue weighted by molar-refractivity contribution is -0.313. The van der Waals surface area contributed by atoms with Crippen molar-refractivity contribution < 1.29 is 69.0 Å². The number of carboxylic acid groups (broad SMARTS) is 6. The molecule has 2 atom stereocenters. The summed E-state index contributed by atoms with van der Waals surface area (Å²) in [5.41, 5.74) is 0. The SMILES string of the molecule is O=C([O-])CN1CCN(CC(=O)CCCNC(=O)CN2CCN(CC(=O)[O-])CC(N(CC(=O)[O-])CC(=O)[O-])C2)CC(N(CC(=O)[O-])CC(=O)[O-])C1. The number of hydrogen-bond donors (Lipinski definition) is 1. The predicted octanol–water partition coefficient (Wildman–Crippen LogP) is -12.5. The smallest absolute Gasteiger partial charge is 0.234 e. The van der Waals surface area contributed by atoms with Crippen LogP contribution in [-0.2, 0) is 38.4 Å². The molecule has 0 spiro atoms. The number of hydrogen-bond acceptors (Lipinski definition) is 20. The average Bonchev–Trinajstić information content (AvgIpc) is 3.29. The summed E-state index contributed by atoms with van der Waals surface area (Å²) in [6.45, 7) is -3.44. The molecular weight excluding hydrogens is 670 g/mol. The standard InChI is InChI=1S/C29H47N7O14/c37-22(12-31-4-6-33(14-24(39)40)10-20(8-31)35(16-26(43)44)17-27(45)46)2-1-3-30-23(38)13-32-5-7-34(15-25(41)42)11-21(9-32)36(18-28(47)48)19-29(49)50/h20-21H,1-19H2,(H,30,38)(H,39,40)(H,41,42)(H,43,44)(H,45,46)(H,47,48)(H,49,50)/p-6. The number of ketones is 1. The van der Waals surface area contributed by atoms with Gasteiger partial charge in [0.25, 0.3) is 0 Å². The molecule has 21 nitrogen and oxygen atoms in total. The normalized spacial score (nSPS) is 19.8. The van der Waals surface area contributed by atoms with E-state index in [9.17, 15) is 69.0 Å². The topological polar surface area (TPSA) is 306 Å². The molecule has 282 valence electrons. The van der Waals surface area contributed by atoms with Gasteiger partial charge in [-0.2, -0.15) is 0 Å². The molecular formula is C29H41N7O14-6. The van der Waals surface area contributed by atoms with E-state index in [2.05, 4.69) is 5.32 Å². The Morgan fingerprint density at radius 1 is 0.500 bits per heavy atom. The number of aliphatic carboxylic acids is 6. The van der Waals surface area contributed by atoms with Crippen molar-refractivity contribution >= 4 is 47.5 Å². The molecule has 2 rings (SSSR count). The van der Waals surface area contributed by atoms with Crippen LogP contribution in [0.15, 0.2) is 0 Å². The molecule has 2 aliphatic rings. The van der Waals surface area contributed by atoms with Gasteiger partial charge in [0.15, 0.2) is 0 Å². The van der Waals surface area contributed by atoms with Crippen LogP contribution in [0.2, 0.25) is 0 Å². The first-order valence-corrected chi connectivity index (χ1v) is 15.9. The molecule has 0 aromatic heterocycles. The molecule has 2 heterocycles. The quantitative estimate of drug-likeness (QED) is 0.102. The molecule has 1 amide bonds. The number of amides is 1. The van der Waals surface area contributed by atoms with Crippen molar-refractivity contribution in [3.63, 3.8) is 0 Å². The average molecular weight is 712 g/mol. The maximum absolute atomic E-state index is 12.8. The number of nitrogens with one attached hydrogen (secondary N) is 1. The van der Waals surface area contributed by atoms with Crippen molar-refractivity contribution in [2.24, 2.45) is 0 Å². The van der Waals surface area contributed by atoms with Crippen LogP contribution < -0.4 is 36.0 Å². The van der Waals surface area contributed by atoms with Crippen LogP contribution in [0.5, 0.6) is 0 Å². The molecule has 1 N–H and O–H groups in total. The van der Waals surface area contributed by atoms with Gasteiger partial charge in [0.2, 0.25) is 5.91 Å². The fourth-order valence-electron chi connectivity index (χ4n) is 6.03. The fraction of sp³-hybridized carbons (Fsp3) is 0.724. The Morgan fingerprint density at radius 3 is 1.18 bits per heavy atom. The van der Waals surface area contributed by atoms with E-state index in [4.69, 9.17) is 0 Å². The Balaban J connectivity index is 1.94. The van der Waals surface area contributed by atoms with Crippen molar-refractivity contribution in [3.8, 4) is 0 Å². The lowest BCUT2D eigenvalue weighted by Gasteiger charge is -2.35. The van der Waals surface area contributed by atoms with Crippen LogP contribution in [0.25, 0.3) is 0 Å². The zero-order chi connectivity index (χ0) is 37.4. The van der Waals surface area contributed by atoms with Crippen LogP contribution in [-0.4, -0.2) is 200 Å². The monoisotopic (exact) mass is 711 g/mol. The molecule has 50 heavy (non-hydrogen) atoms. The Bertz CT molecular complexity index is 1110. The van der Waals surface area contributed by atoms with Crippen molar-refractivity contribution in [2.75, 3.05) is 111 Å². The van der Waals surface area contributed by atoms with E-state index in [1.165, 1.54) is 9.80 Å². The summed E-state index contributed by atoms with van der Waals surface area (Å²) in [7, 11) is 0. The minimum Gasteiger partial charge on any atom is -0.549 e. The highest BCUT2D eigenvalue weighted by Crippen LogP contribution is 2.12. The van der Waals surface area contributed by atoms with Gasteiger partial charge in [0.05, 0.1) is 48.9 Å². The van der Waals surface area contributed by atoms with Crippen molar-refractivity contribution in [2.45, 2.75) is 24.9 Å². The largest absolute Gasteiger partial charge is 0.549 e. The zero-order valence-electron chi connectivity index (χ0n) is 27.5. The van der Waals surface area contributed by atoms with E-state index < -0.39 is 93.1 Å². The van der Waals surface area contributed by atoms with Gasteiger partial charge in [0.1, 0.15) is 5.78 Å². The summed E-state index contributed by atoms with van der Waals surface area (Å²) >= 11 is 0. The first kappa shape index (κ1) is 41.9. The Morgan fingerprint density at radius 2 is 0.840 bits per heavy atom. The van der Waals surface area contributed by atoms with Crippen LogP contribution in [0.3, 0.4) is 0 Å². The first-order chi connectivity index (χ1) is 23.5. The third kappa shape index (κ3) is 16.9. The fourth-order valence-corrected chi connectivity index (χ4v) is 6.03. The molecule has 2 fully saturated rings. The van der Waals surface area contributed by atoms with E-state index >= 15 is 0 Å². The summed E-state index contributed by atoms with van der Waals surface area (Å²) in [6.07, 6.45) is 0.255. The van der Waals surface area contributed by atoms with E-state index in [0.717, 1.165) is 9.80 Å². The van der Waals surface area contributed by atoms with Gasteiger partial charge < -0.3 is 64.7 Å². The highest BCUT2D eigenvalue weighted by Gasteiger charge is 2.30. The summed E-state index contributed by atoms with van der Waals surface area (Å²) in [6, 6.07) is -1.60. The van der Waals surface area contributed by atoms with Crippen LogP contribution in [0.4, 0.5) is 0 Å². The van der Waals surface area contributed by atoms with E-state index in [0.29, 0.717) is 0 Å². The molecule has 2 unspecified atom stereocenters. The van der Waals surface area contributed by atoms with E-state index in [-0.39, 0.29) is 90.6 Å². The summed E-state index contributed by atoms with van der Waals surface area (Å²) in [5.74, 6) is -9.68. The molecule has 0 saturated carbocycles. The van der Waals surface area contributed by atoms with Crippen LogP contribution in [0, 0.1) is 0 Å². The second kappa shape index (κ2) is 21.1. The van der Waals surface area contributed by atoms with Gasteiger partial charge in [-0.3, -0.25) is 39.0 Å². The molecule has 0 bridgehead atoms. The number of rotatable bonds is 22. The zero-order valence-corrected chi connectivity index (χ0v) is 27.5. The van der Waals surface area contributed by atoms with Gasteiger partial charge in [-0.15, -0.1) is 0 Å². The number of nitrogens with zero attached hydrogens (tertiary/aromatic N) is 6. The third-order valence-corrected chi connectivity index (χ3v) is 8.13. The van der Waals surface area contributed by atoms with Crippen LogP contribution >= 0.6 is 0 Å². The summed E-state index contributed by atoms with van der Waals surface area (Å²) in [4.78, 5) is 101. The molecule has 2 aliphatic heterocycles. The molecule has 0 aromatic carbocycles. The summed E-state index contributed by atoms with van der Waals surface area (Å²) in [5, 5.41) is 70.1. The number of carbonyl (C=O) groups excluding carboxylic acids is 8. The molecule has 0 aliphatic carbocycles. The number of Topliss-reactive ketones (excluding diaryl/α,β-unsaturated/α-hetero) is 1. The van der Waals surface area contributed by atoms with Gasteiger partial charge in [-0.05, 0) is 6.42 Å². The Labute approximate surface area is 287 Å². The van der Waals surface area contributed by atoms with E-state index in [1.807, 2.05) is 0 Å². The third-order valence-electron chi connectivity index (χ3n) is 8.13. The maximum atomic E-state index is 12.8. The van der Waals surface area contributed by atoms with Crippen molar-refractivity contribution in [1.82, 2.24) is 34.7 Å². The highest BCUT2D eigenvalue weighted by molar-refractivity contribution is 5.81. The minimum atomic E-state index is -1.55. The van der Waals surface area contributed by atoms with Gasteiger partial charge in [-0.1, -0.05) is 0 Å². The van der Waals surface area contributed by atoms with Crippen LogP contribution in [0.1, 0.15) is 12.8 Å². The second-order valence-corrected chi connectivity index (χ2v) is 12.3. The number of carboxylic acids is 6. The lowest BCUT2D eigenvalue weighted by atomic mass is 10.1. The van der Waals surface area contributed by atoms with Gasteiger partial charge in [-0.25, -0.2) is 0 Å². The van der Waals surface area contributed by atoms with E-state index in [1.54, 1.807) is 9.80 Å². The van der Waals surface area contributed by atoms with Crippen molar-refractivity contribution in [1.29, 1.82) is 0 Å². The predicted molar refractivity (Wildman–Crippen MR) is 154 cm³/mol. The Kier molecular flexibility index (Phi) is 17.6. The molecule has 0 radical (unpaired) electrons. The molecule has 2 saturated heterocycles. The number of carbonyl (C=O) groups is 8. The van der Waals surface area contributed by atoms with Gasteiger partial charge in [0, 0.05) is 117 Å². The first-order valence-electron chi connectivity index (χ1n) is 15.9. The van der Waals surface area contributed by atoms with Gasteiger partial charge >= 0.3 is 0 Å². The Hall–Kier alpha value is -4.28. The molecule has 21 heteroatoms. The lowest BCUT2D eigenvalue weighted by Crippen LogP contribution is -2.55.